The Morgan fingerprint density at radius 1 is 1.32 bits per heavy atom. The number of nitrogens with one attached hydrogen (secondary N) is 1. The van der Waals surface area contributed by atoms with E-state index in [4.69, 9.17) is 4.74 Å². The quantitative estimate of drug-likeness (QED) is 0.808. The molecule has 118 valence electrons. The first-order valence-electron chi connectivity index (χ1n) is 7.28. The van der Waals surface area contributed by atoms with Crippen molar-refractivity contribution in [2.75, 3.05) is 32.6 Å². The summed E-state index contributed by atoms with van der Waals surface area (Å²) in [6.07, 6.45) is 3.79. The van der Waals surface area contributed by atoms with Crippen LogP contribution in [0.1, 0.15) is 6.42 Å². The Labute approximate surface area is 130 Å². The first-order chi connectivity index (χ1) is 10.6. The summed E-state index contributed by atoms with van der Waals surface area (Å²) in [5.74, 6) is 0.690. The lowest BCUT2D eigenvalue weighted by Crippen LogP contribution is -2.18. The van der Waals surface area contributed by atoms with Gasteiger partial charge >= 0.3 is 0 Å². The Bertz CT molecular complexity index is 581. The summed E-state index contributed by atoms with van der Waals surface area (Å²) in [5.41, 5.74) is 0.712. The molecule has 0 atom stereocenters. The van der Waals surface area contributed by atoms with Crippen molar-refractivity contribution in [1.29, 1.82) is 0 Å². The van der Waals surface area contributed by atoms with Gasteiger partial charge in [-0.3, -0.25) is 9.48 Å². The van der Waals surface area contributed by atoms with E-state index in [2.05, 4.69) is 15.3 Å². The zero-order chi connectivity index (χ0) is 15.8. The van der Waals surface area contributed by atoms with Gasteiger partial charge in [0.25, 0.3) is 0 Å². The standard InChI is InChI=1S/C16H22N4O2/c1-19(2)9-10-20-13-14(12-17-20)18-16(21)8-11-22-15-6-4-3-5-7-15/h3-7,12-13H,8-11H2,1-2H3,(H,18,21). The van der Waals surface area contributed by atoms with E-state index in [1.165, 1.54) is 0 Å². The summed E-state index contributed by atoms with van der Waals surface area (Å²) in [6, 6.07) is 9.46. The SMILES string of the molecule is CN(C)CCn1cc(NC(=O)CCOc2ccccc2)cn1. The Morgan fingerprint density at radius 3 is 2.82 bits per heavy atom. The average Bonchev–Trinajstić information content (AvgIpc) is 2.94. The third kappa shape index (κ3) is 5.57. The van der Waals surface area contributed by atoms with Crippen molar-refractivity contribution in [2.24, 2.45) is 0 Å². The van der Waals surface area contributed by atoms with Crippen LogP contribution in [0.2, 0.25) is 0 Å². The van der Waals surface area contributed by atoms with Gasteiger partial charge in [0.1, 0.15) is 5.75 Å². The van der Waals surface area contributed by atoms with Crippen LogP contribution in [-0.2, 0) is 11.3 Å². The van der Waals surface area contributed by atoms with Crippen LogP contribution in [-0.4, -0.2) is 47.8 Å². The van der Waals surface area contributed by atoms with E-state index in [1.807, 2.05) is 55.3 Å². The molecule has 1 amide bonds. The van der Waals surface area contributed by atoms with Gasteiger partial charge in [-0.25, -0.2) is 0 Å². The van der Waals surface area contributed by atoms with Crippen LogP contribution in [0.5, 0.6) is 5.75 Å². The van der Waals surface area contributed by atoms with E-state index in [1.54, 1.807) is 6.20 Å². The molecule has 22 heavy (non-hydrogen) atoms. The topological polar surface area (TPSA) is 59.4 Å². The lowest BCUT2D eigenvalue weighted by Gasteiger charge is -2.08. The molecule has 2 rings (SSSR count). The number of carbonyl (C=O) groups is 1. The number of amides is 1. The minimum atomic E-state index is -0.0805. The molecular formula is C16H22N4O2. The van der Waals surface area contributed by atoms with Crippen LogP contribution in [0, 0.1) is 0 Å². The third-order valence-corrected chi connectivity index (χ3v) is 3.03. The lowest BCUT2D eigenvalue weighted by molar-refractivity contribution is -0.116. The van der Waals surface area contributed by atoms with E-state index < -0.39 is 0 Å². The Hall–Kier alpha value is -2.34. The second kappa shape index (κ2) is 8.19. The lowest BCUT2D eigenvalue weighted by atomic mass is 10.3. The van der Waals surface area contributed by atoms with E-state index in [-0.39, 0.29) is 5.91 Å². The molecule has 0 aliphatic carbocycles. The normalized spacial score (nSPS) is 10.7. The van der Waals surface area contributed by atoms with E-state index in [0.717, 1.165) is 18.8 Å². The fourth-order valence-electron chi connectivity index (χ4n) is 1.85. The predicted molar refractivity (Wildman–Crippen MR) is 86.0 cm³/mol. The first-order valence-corrected chi connectivity index (χ1v) is 7.28. The third-order valence-electron chi connectivity index (χ3n) is 3.03. The highest BCUT2D eigenvalue weighted by molar-refractivity contribution is 5.90. The monoisotopic (exact) mass is 302 g/mol. The second-order valence-corrected chi connectivity index (χ2v) is 5.26. The number of aromatic nitrogens is 2. The van der Waals surface area contributed by atoms with Crippen LogP contribution < -0.4 is 10.1 Å². The fourth-order valence-corrected chi connectivity index (χ4v) is 1.85. The highest BCUT2D eigenvalue weighted by Crippen LogP contribution is 2.09. The van der Waals surface area contributed by atoms with Crippen molar-refractivity contribution in [2.45, 2.75) is 13.0 Å². The smallest absolute Gasteiger partial charge is 0.227 e. The van der Waals surface area contributed by atoms with E-state index in [0.29, 0.717) is 18.7 Å². The minimum absolute atomic E-state index is 0.0805. The van der Waals surface area contributed by atoms with Gasteiger partial charge in [-0.1, -0.05) is 18.2 Å². The van der Waals surface area contributed by atoms with Gasteiger partial charge in [-0.15, -0.1) is 0 Å². The Kier molecular flexibility index (Phi) is 5.97. The van der Waals surface area contributed by atoms with Crippen LogP contribution in [0.25, 0.3) is 0 Å². The molecule has 1 heterocycles. The molecule has 6 nitrogen and oxygen atoms in total. The summed E-state index contributed by atoms with van der Waals surface area (Å²) < 4.78 is 7.31. The summed E-state index contributed by atoms with van der Waals surface area (Å²) in [4.78, 5) is 13.9. The van der Waals surface area contributed by atoms with Crippen LogP contribution in [0.15, 0.2) is 42.7 Å². The summed E-state index contributed by atoms with van der Waals surface area (Å²) in [6.45, 7) is 2.05. The van der Waals surface area contributed by atoms with Crippen molar-refractivity contribution in [3.63, 3.8) is 0 Å². The molecule has 1 N–H and O–H groups in total. The van der Waals surface area contributed by atoms with E-state index in [9.17, 15) is 4.79 Å². The number of hydrogen-bond acceptors (Lipinski definition) is 4. The predicted octanol–water partition coefficient (Wildman–Crippen LogP) is 1.85. The maximum absolute atomic E-state index is 11.8. The number of para-hydroxylation sites is 1. The van der Waals surface area contributed by atoms with Crippen molar-refractivity contribution in [3.8, 4) is 5.75 Å². The van der Waals surface area contributed by atoms with Crippen molar-refractivity contribution < 1.29 is 9.53 Å². The van der Waals surface area contributed by atoms with Gasteiger partial charge in [0.05, 0.1) is 31.5 Å². The molecule has 0 unspecified atom stereocenters. The molecule has 2 aromatic rings. The van der Waals surface area contributed by atoms with Gasteiger partial charge < -0.3 is 15.0 Å². The maximum atomic E-state index is 11.8. The fraction of sp³-hybridized carbons (Fsp3) is 0.375. The zero-order valence-corrected chi connectivity index (χ0v) is 13.0. The average molecular weight is 302 g/mol. The summed E-state index contributed by atoms with van der Waals surface area (Å²) in [7, 11) is 4.03. The number of carbonyl (C=O) groups excluding carboxylic acids is 1. The van der Waals surface area contributed by atoms with Crippen LogP contribution in [0.4, 0.5) is 5.69 Å². The Morgan fingerprint density at radius 2 is 2.09 bits per heavy atom. The maximum Gasteiger partial charge on any atom is 0.227 e. The molecular weight excluding hydrogens is 280 g/mol. The van der Waals surface area contributed by atoms with Crippen molar-refractivity contribution in [3.05, 3.63) is 42.7 Å². The Balaban J connectivity index is 1.70. The van der Waals surface area contributed by atoms with Crippen LogP contribution in [0.3, 0.4) is 0 Å². The number of rotatable bonds is 8. The number of anilines is 1. The van der Waals surface area contributed by atoms with Crippen molar-refractivity contribution in [1.82, 2.24) is 14.7 Å². The minimum Gasteiger partial charge on any atom is -0.493 e. The second-order valence-electron chi connectivity index (χ2n) is 5.26. The zero-order valence-electron chi connectivity index (χ0n) is 13.0. The number of hydrogen-bond donors (Lipinski definition) is 1. The largest absolute Gasteiger partial charge is 0.493 e. The highest BCUT2D eigenvalue weighted by atomic mass is 16.5. The summed E-state index contributed by atoms with van der Waals surface area (Å²) >= 11 is 0. The van der Waals surface area contributed by atoms with Gasteiger partial charge in [0.15, 0.2) is 0 Å². The van der Waals surface area contributed by atoms with Gasteiger partial charge in [-0.2, -0.15) is 5.10 Å². The van der Waals surface area contributed by atoms with Gasteiger partial charge in [0, 0.05) is 12.7 Å². The molecule has 0 saturated carbocycles. The van der Waals surface area contributed by atoms with E-state index >= 15 is 0 Å². The molecule has 1 aromatic heterocycles. The van der Waals surface area contributed by atoms with Crippen molar-refractivity contribution >= 4 is 11.6 Å². The molecule has 0 spiro atoms. The molecule has 0 fully saturated rings. The van der Waals surface area contributed by atoms with Crippen LogP contribution >= 0.6 is 0 Å². The summed E-state index contributed by atoms with van der Waals surface area (Å²) in [5, 5.41) is 7.03. The molecule has 6 heteroatoms. The highest BCUT2D eigenvalue weighted by Gasteiger charge is 2.05. The number of nitrogens with zero attached hydrogens (tertiary/aromatic N) is 3. The van der Waals surface area contributed by atoms with Gasteiger partial charge in [0.2, 0.25) is 5.91 Å². The number of ether oxygens (including phenoxy) is 1. The number of likely N-dealkylation sites (N-methyl/N-ethyl adjacent to an activating group) is 1. The molecule has 0 saturated heterocycles. The van der Waals surface area contributed by atoms with Gasteiger partial charge in [-0.05, 0) is 26.2 Å². The molecule has 0 aliphatic rings. The number of benzene rings is 1. The molecule has 1 aromatic carbocycles. The molecule has 0 aliphatic heterocycles. The molecule has 0 radical (unpaired) electrons. The first kappa shape index (κ1) is 16.0. The molecule has 0 bridgehead atoms.